The van der Waals surface area contributed by atoms with Gasteiger partial charge in [0.1, 0.15) is 0 Å². The first-order valence-corrected chi connectivity index (χ1v) is 13.3. The van der Waals surface area contributed by atoms with Gasteiger partial charge in [-0.2, -0.15) is 0 Å². The number of unbranched alkanes of at least 4 members (excludes halogenated alkanes) is 5. The molecule has 10 atom stereocenters. The number of rotatable bonds is 12. The quantitative estimate of drug-likeness (QED) is 0.115. The molecule has 0 aromatic heterocycles. The molecular formula is C20H38O10Se. The topological polar surface area (TPSA) is 169 Å². The molecule has 4 unspecified atom stereocenters. The number of ether oxygens (including phenoxy) is 3. The molecule has 184 valence electrons. The van der Waals surface area contributed by atoms with Crippen LogP contribution in [0.1, 0.15) is 45.4 Å². The summed E-state index contributed by atoms with van der Waals surface area (Å²) in [5.74, 6) is 0. The summed E-state index contributed by atoms with van der Waals surface area (Å²) in [6, 6.07) is 0. The molecule has 31 heavy (non-hydrogen) atoms. The number of aliphatic hydroxyl groups is 7. The van der Waals surface area contributed by atoms with Crippen LogP contribution in [0.15, 0.2) is 0 Å². The van der Waals surface area contributed by atoms with Gasteiger partial charge in [-0.3, -0.25) is 0 Å². The van der Waals surface area contributed by atoms with Crippen molar-refractivity contribution in [2.75, 3.05) is 13.2 Å². The summed E-state index contributed by atoms with van der Waals surface area (Å²) >= 11 is -0.104. The van der Waals surface area contributed by atoms with Crippen LogP contribution in [0, 0.1) is 0 Å². The third kappa shape index (κ3) is 7.30. The first-order valence-electron chi connectivity index (χ1n) is 11.1. The molecule has 2 rings (SSSR count). The summed E-state index contributed by atoms with van der Waals surface area (Å²) in [5, 5.41) is 70.4. The Kier molecular flexibility index (Phi) is 12.1. The monoisotopic (exact) mass is 518 g/mol. The van der Waals surface area contributed by atoms with E-state index in [1.165, 1.54) is 25.7 Å². The van der Waals surface area contributed by atoms with E-state index in [-0.39, 0.29) is 15.0 Å². The summed E-state index contributed by atoms with van der Waals surface area (Å²) in [4.78, 5) is 0. The van der Waals surface area contributed by atoms with Crippen LogP contribution in [0.2, 0.25) is 5.32 Å². The number of hydrogen-bond donors (Lipinski definition) is 7. The van der Waals surface area contributed by atoms with Crippen LogP contribution >= 0.6 is 0 Å². The Labute approximate surface area is 189 Å². The third-order valence-electron chi connectivity index (χ3n) is 5.74. The molecule has 0 spiro atoms. The van der Waals surface area contributed by atoms with Crippen molar-refractivity contribution in [2.24, 2.45) is 0 Å². The normalized spacial score (nSPS) is 41.4. The van der Waals surface area contributed by atoms with Crippen molar-refractivity contribution in [2.45, 2.75) is 111 Å². The van der Waals surface area contributed by atoms with Crippen molar-refractivity contribution >= 4 is 15.0 Å². The van der Waals surface area contributed by atoms with Crippen LogP contribution in [-0.2, 0) is 14.2 Å². The fourth-order valence-electron chi connectivity index (χ4n) is 3.77. The molecule has 7 N–H and O–H groups in total. The summed E-state index contributed by atoms with van der Waals surface area (Å²) < 4.78 is 16.7. The van der Waals surface area contributed by atoms with E-state index in [9.17, 15) is 35.7 Å². The predicted octanol–water partition coefficient (Wildman–Crippen LogP) is -1.91. The van der Waals surface area contributed by atoms with Crippen LogP contribution in [0.3, 0.4) is 0 Å². The molecule has 2 fully saturated rings. The molecule has 0 bridgehead atoms. The molecule has 2 aliphatic heterocycles. The van der Waals surface area contributed by atoms with Gasteiger partial charge >= 0.3 is 189 Å². The molecule has 0 amide bonds. The maximum absolute atomic E-state index is 10.6. The Morgan fingerprint density at radius 3 is 2.00 bits per heavy atom. The van der Waals surface area contributed by atoms with Crippen molar-refractivity contribution < 1.29 is 50.0 Å². The second kappa shape index (κ2) is 13.7. The zero-order valence-electron chi connectivity index (χ0n) is 17.9. The van der Waals surface area contributed by atoms with Gasteiger partial charge < -0.3 is 0 Å². The van der Waals surface area contributed by atoms with Gasteiger partial charge in [-0.25, -0.2) is 0 Å². The molecule has 0 aliphatic carbocycles. The second-order valence-electron chi connectivity index (χ2n) is 8.14. The summed E-state index contributed by atoms with van der Waals surface area (Å²) in [6.45, 7) is 1.06. The van der Waals surface area contributed by atoms with Crippen molar-refractivity contribution in [1.82, 2.24) is 0 Å². The van der Waals surface area contributed by atoms with Gasteiger partial charge in [0.05, 0.1) is 0 Å². The van der Waals surface area contributed by atoms with E-state index in [0.29, 0.717) is 0 Å². The Bertz CT molecular complexity index is 497. The van der Waals surface area contributed by atoms with Crippen molar-refractivity contribution in [3.63, 3.8) is 0 Å². The number of hydrogen-bond acceptors (Lipinski definition) is 10. The van der Waals surface area contributed by atoms with Gasteiger partial charge in [-0.1, -0.05) is 0 Å². The van der Waals surface area contributed by atoms with Gasteiger partial charge in [0.2, 0.25) is 0 Å². The van der Waals surface area contributed by atoms with Gasteiger partial charge in [-0.15, -0.1) is 0 Å². The van der Waals surface area contributed by atoms with Crippen molar-refractivity contribution in [3.8, 4) is 0 Å². The fraction of sp³-hybridized carbons (Fsp3) is 1.00. The average molecular weight is 517 g/mol. The van der Waals surface area contributed by atoms with E-state index < -0.39 is 73.3 Å². The molecule has 0 radical (unpaired) electrons. The average Bonchev–Trinajstić information content (AvgIpc) is 2.77. The molecule has 10 nitrogen and oxygen atoms in total. The summed E-state index contributed by atoms with van der Waals surface area (Å²) in [6.07, 6.45) is -5.41. The molecule has 0 saturated carbocycles. The van der Waals surface area contributed by atoms with E-state index in [1.807, 2.05) is 0 Å². The van der Waals surface area contributed by atoms with Crippen LogP contribution in [-0.4, -0.2) is 124 Å². The van der Waals surface area contributed by atoms with Crippen LogP contribution in [0.4, 0.5) is 0 Å². The van der Waals surface area contributed by atoms with Gasteiger partial charge in [0, 0.05) is 0 Å². The van der Waals surface area contributed by atoms with E-state index in [0.717, 1.165) is 18.2 Å². The zero-order valence-corrected chi connectivity index (χ0v) is 19.6. The van der Waals surface area contributed by atoms with Crippen LogP contribution in [0.25, 0.3) is 0 Å². The summed E-state index contributed by atoms with van der Waals surface area (Å²) in [7, 11) is 0. The number of aliphatic hydroxyl groups excluding tert-OH is 7. The standard InChI is InChI=1S/C20H38O10Se/c1-2-3-4-5-6-7-8-31-20-17(27)15(25)18(12(10-22)29-20)30-19-16(26)14(24)13(23)11(9-21)28-19/h11-27H,2-10H2,1H3/t11?,12?,13-,14+,15-,16?,17?,18-,19-,20+/m1/s1. The second-order valence-corrected chi connectivity index (χ2v) is 10.7. The zero-order chi connectivity index (χ0) is 23.0. The Hall–Kier alpha value is 0.119. The maximum atomic E-state index is 10.6. The van der Waals surface area contributed by atoms with Crippen molar-refractivity contribution in [3.05, 3.63) is 0 Å². The van der Waals surface area contributed by atoms with Gasteiger partial charge in [-0.05, 0) is 0 Å². The van der Waals surface area contributed by atoms with E-state index >= 15 is 0 Å². The first-order chi connectivity index (χ1) is 14.8. The van der Waals surface area contributed by atoms with Crippen LogP contribution < -0.4 is 0 Å². The van der Waals surface area contributed by atoms with Crippen LogP contribution in [0.5, 0.6) is 0 Å². The first kappa shape index (κ1) is 27.4. The minimum absolute atomic E-state index is 0.104. The Morgan fingerprint density at radius 1 is 0.710 bits per heavy atom. The fourth-order valence-corrected chi connectivity index (χ4v) is 6.26. The van der Waals surface area contributed by atoms with E-state index in [2.05, 4.69) is 6.92 Å². The molecule has 2 saturated heterocycles. The Morgan fingerprint density at radius 2 is 1.35 bits per heavy atom. The predicted molar refractivity (Wildman–Crippen MR) is 110 cm³/mol. The SMILES string of the molecule is CCCCCCCC[Se][C@@H]1OC(CO)[C@@H](O[C@H]2OC(CO)[C@@H](O)[C@H](O)C2O)[C@H](O)C1O. The molecular weight excluding hydrogens is 479 g/mol. The van der Waals surface area contributed by atoms with E-state index in [1.54, 1.807) is 0 Å². The third-order valence-corrected chi connectivity index (χ3v) is 8.35. The molecule has 2 heterocycles. The molecule has 0 aromatic carbocycles. The Balaban J connectivity index is 1.90. The van der Waals surface area contributed by atoms with Gasteiger partial charge in [0.15, 0.2) is 0 Å². The van der Waals surface area contributed by atoms with E-state index in [4.69, 9.17) is 14.2 Å². The molecule has 2 aliphatic rings. The summed E-state index contributed by atoms with van der Waals surface area (Å²) in [5.41, 5.74) is 0. The minimum atomic E-state index is -1.66. The van der Waals surface area contributed by atoms with Crippen molar-refractivity contribution in [1.29, 1.82) is 0 Å². The molecule has 0 aromatic rings. The van der Waals surface area contributed by atoms with Gasteiger partial charge in [0.25, 0.3) is 0 Å². The molecule has 11 heteroatoms.